The number of alkyl halides is 3. The van der Waals surface area contributed by atoms with Crippen LogP contribution < -0.4 is 15.5 Å². The lowest BCUT2D eigenvalue weighted by Crippen LogP contribution is -2.54. The number of aliphatic hydroxyl groups is 1. The van der Waals surface area contributed by atoms with Crippen molar-refractivity contribution < 1.29 is 42.2 Å². The number of fused-ring (bicyclic) bond motifs is 2. The summed E-state index contributed by atoms with van der Waals surface area (Å²) >= 11 is 0. The first-order chi connectivity index (χ1) is 29.5. The predicted molar refractivity (Wildman–Crippen MR) is 224 cm³/mol. The van der Waals surface area contributed by atoms with Gasteiger partial charge in [0.1, 0.15) is 24.2 Å². The largest absolute Gasteiger partial charge is 0.433 e. The van der Waals surface area contributed by atoms with E-state index in [-0.39, 0.29) is 55.4 Å². The first-order valence-electron chi connectivity index (χ1n) is 21.4. The van der Waals surface area contributed by atoms with Gasteiger partial charge in [0.2, 0.25) is 11.8 Å². The molecule has 3 fully saturated rings. The van der Waals surface area contributed by atoms with Crippen molar-refractivity contribution in [3.63, 3.8) is 0 Å². The summed E-state index contributed by atoms with van der Waals surface area (Å²) in [6.07, 6.45) is 3.73. The molecule has 62 heavy (non-hydrogen) atoms. The lowest BCUT2D eigenvalue weighted by atomic mass is 9.85. The maximum Gasteiger partial charge on any atom is 0.433 e. The van der Waals surface area contributed by atoms with Gasteiger partial charge < -0.3 is 29.9 Å². The molecule has 5 heterocycles. The zero-order chi connectivity index (χ0) is 43.9. The molecule has 0 radical (unpaired) electrons. The highest BCUT2D eigenvalue weighted by Crippen LogP contribution is 2.37. The molecule has 4 aliphatic rings. The number of rotatable bonds is 10. The van der Waals surface area contributed by atoms with Gasteiger partial charge in [0.25, 0.3) is 11.8 Å². The molecule has 1 saturated carbocycles. The number of amides is 4. The van der Waals surface area contributed by atoms with Crippen molar-refractivity contribution in [2.45, 2.75) is 95.7 Å². The van der Waals surface area contributed by atoms with E-state index in [0.29, 0.717) is 28.5 Å². The number of halogens is 3. The Morgan fingerprint density at radius 3 is 2.37 bits per heavy atom. The van der Waals surface area contributed by atoms with Gasteiger partial charge in [-0.05, 0) is 114 Å². The van der Waals surface area contributed by atoms with Gasteiger partial charge in [-0.3, -0.25) is 29.2 Å². The van der Waals surface area contributed by atoms with Gasteiger partial charge in [-0.25, -0.2) is 4.98 Å². The van der Waals surface area contributed by atoms with Gasteiger partial charge in [-0.2, -0.15) is 18.3 Å². The van der Waals surface area contributed by atoms with E-state index < -0.39 is 35.3 Å². The van der Waals surface area contributed by atoms with Crippen LogP contribution in [0.1, 0.15) is 109 Å². The van der Waals surface area contributed by atoms with Crippen molar-refractivity contribution in [1.29, 1.82) is 0 Å². The fourth-order valence-electron chi connectivity index (χ4n) is 9.59. The molecule has 1 unspecified atom stereocenters. The summed E-state index contributed by atoms with van der Waals surface area (Å²) in [4.78, 5) is 60.9. The van der Waals surface area contributed by atoms with Crippen LogP contribution in [0, 0.1) is 11.8 Å². The summed E-state index contributed by atoms with van der Waals surface area (Å²) in [5.41, 5.74) is 0.728. The van der Waals surface area contributed by atoms with Crippen molar-refractivity contribution in [2.24, 2.45) is 11.8 Å². The molecule has 4 amide bonds. The normalized spacial score (nSPS) is 21.9. The summed E-state index contributed by atoms with van der Waals surface area (Å²) < 4.78 is 47.8. The standard InChI is InChI=1S/C45H53F3N8O6/c1-44(2,61)33-21-35-29(20-36(33)50-41(58)34-7-5-9-39(49-34)45(46,47)48)24-56(52-35)30-12-10-27(11-13-30)22-53(3)23-28-16-18-54(19-17-28)37-8-4-6-31-32(37)25-62-26-55(43(31)60)38-14-15-40(57)51-42(38)59/h4-9,20-21,24,27-28,30,38,61H,10-19,22-23,25-26H2,1-3H3,(H,50,58)(H,51,57,59). The Bertz CT molecular complexity index is 2350. The number of anilines is 2. The molecule has 8 rings (SSSR count). The van der Waals surface area contributed by atoms with E-state index in [1.54, 1.807) is 32.0 Å². The molecule has 3 N–H and O–H groups in total. The molecule has 1 atom stereocenters. The quantitative estimate of drug-likeness (QED) is 0.156. The van der Waals surface area contributed by atoms with Crippen molar-refractivity contribution in [3.8, 4) is 0 Å². The Morgan fingerprint density at radius 2 is 1.68 bits per heavy atom. The Balaban J connectivity index is 0.837. The van der Waals surface area contributed by atoms with Crippen LogP contribution in [0.2, 0.25) is 0 Å². The SMILES string of the molecule is CN(CC1CCC(n2cc3cc(NC(=O)c4cccc(C(F)(F)F)n4)c(C(C)(C)O)cc3n2)CC1)CC1CCN(c2cccc3c2COCN(C2CCC(=O)NC2=O)C3=O)CC1. The zero-order valence-corrected chi connectivity index (χ0v) is 35.2. The first-order valence-corrected chi connectivity index (χ1v) is 21.4. The van der Waals surface area contributed by atoms with Crippen LogP contribution in [0.4, 0.5) is 24.5 Å². The Morgan fingerprint density at radius 1 is 0.968 bits per heavy atom. The minimum atomic E-state index is -4.70. The molecule has 0 spiro atoms. The Hall–Kier alpha value is -5.39. The summed E-state index contributed by atoms with van der Waals surface area (Å²) in [5, 5.41) is 21.6. The molecular formula is C45H53F3N8O6. The second-order valence-corrected chi connectivity index (χ2v) is 17.8. The fraction of sp³-hybridized carbons (Fsp3) is 0.511. The zero-order valence-electron chi connectivity index (χ0n) is 35.2. The molecule has 2 saturated heterocycles. The number of nitrogens with one attached hydrogen (secondary N) is 2. The molecule has 2 aromatic carbocycles. The number of carbonyl (C=O) groups is 4. The van der Waals surface area contributed by atoms with E-state index in [2.05, 4.69) is 32.5 Å². The fourth-order valence-corrected chi connectivity index (χ4v) is 9.59. The number of piperidine rings is 2. The molecule has 1 aliphatic carbocycles. The van der Waals surface area contributed by atoms with Crippen molar-refractivity contribution in [1.82, 2.24) is 29.9 Å². The summed E-state index contributed by atoms with van der Waals surface area (Å²) in [6, 6.07) is 11.7. The highest BCUT2D eigenvalue weighted by molar-refractivity contribution is 6.05. The second kappa shape index (κ2) is 17.4. The van der Waals surface area contributed by atoms with Gasteiger partial charge in [-0.1, -0.05) is 12.1 Å². The molecule has 2 aromatic heterocycles. The van der Waals surface area contributed by atoms with E-state index in [4.69, 9.17) is 9.84 Å². The smallest absolute Gasteiger partial charge is 0.386 e. The summed E-state index contributed by atoms with van der Waals surface area (Å²) in [7, 11) is 2.20. The monoisotopic (exact) mass is 858 g/mol. The Labute approximate surface area is 357 Å². The molecule has 14 nitrogen and oxygen atoms in total. The second-order valence-electron chi connectivity index (χ2n) is 17.8. The number of pyridine rings is 1. The summed E-state index contributed by atoms with van der Waals surface area (Å²) in [5.74, 6) is -0.779. The third-order valence-electron chi connectivity index (χ3n) is 12.8. The van der Waals surface area contributed by atoms with Crippen molar-refractivity contribution in [3.05, 3.63) is 82.8 Å². The first kappa shape index (κ1) is 43.3. The van der Waals surface area contributed by atoms with Crippen LogP contribution in [0.15, 0.2) is 54.7 Å². The van der Waals surface area contributed by atoms with Gasteiger partial charge in [0, 0.05) is 72.2 Å². The van der Waals surface area contributed by atoms with E-state index in [1.165, 1.54) is 11.0 Å². The molecular weight excluding hydrogens is 806 g/mol. The van der Waals surface area contributed by atoms with Gasteiger partial charge >= 0.3 is 6.18 Å². The third-order valence-corrected chi connectivity index (χ3v) is 12.8. The average molecular weight is 859 g/mol. The maximum absolute atomic E-state index is 13.7. The molecule has 4 aromatic rings. The number of aromatic nitrogens is 3. The molecule has 3 aliphatic heterocycles. The van der Waals surface area contributed by atoms with Crippen molar-refractivity contribution in [2.75, 3.05) is 50.2 Å². The van der Waals surface area contributed by atoms with E-state index in [9.17, 15) is 37.5 Å². The third kappa shape index (κ3) is 9.34. The van der Waals surface area contributed by atoms with E-state index in [1.807, 2.05) is 23.0 Å². The number of ether oxygens (including phenoxy) is 1. The van der Waals surface area contributed by atoms with Crippen LogP contribution >= 0.6 is 0 Å². The Kier molecular flexibility index (Phi) is 12.1. The van der Waals surface area contributed by atoms with Crippen LogP contribution in [0.5, 0.6) is 0 Å². The highest BCUT2D eigenvalue weighted by Gasteiger charge is 2.38. The number of imide groups is 1. The molecule has 330 valence electrons. The number of hydrogen-bond acceptors (Lipinski definition) is 10. The van der Waals surface area contributed by atoms with Gasteiger partial charge in [0.15, 0.2) is 0 Å². The molecule has 17 heteroatoms. The average Bonchev–Trinajstić information content (AvgIpc) is 3.57. The van der Waals surface area contributed by atoms with Crippen LogP contribution in [-0.2, 0) is 32.7 Å². The van der Waals surface area contributed by atoms with Gasteiger partial charge in [0.05, 0.1) is 23.8 Å². The van der Waals surface area contributed by atoms with Gasteiger partial charge in [-0.15, -0.1) is 0 Å². The number of carbonyl (C=O) groups excluding carboxylic acids is 4. The summed E-state index contributed by atoms with van der Waals surface area (Å²) in [6.45, 7) is 7.13. The van der Waals surface area contributed by atoms with Crippen LogP contribution in [-0.4, -0.2) is 99.3 Å². The minimum absolute atomic E-state index is 0.0127. The van der Waals surface area contributed by atoms with Crippen molar-refractivity contribution >= 4 is 45.9 Å². The maximum atomic E-state index is 13.7. The van der Waals surface area contributed by atoms with E-state index in [0.717, 1.165) is 93.5 Å². The number of benzene rings is 2. The van der Waals surface area contributed by atoms with E-state index >= 15 is 0 Å². The predicted octanol–water partition coefficient (Wildman–Crippen LogP) is 6.24. The lowest BCUT2D eigenvalue weighted by molar-refractivity contribution is -0.141. The number of hydrogen-bond donors (Lipinski definition) is 3. The highest BCUT2D eigenvalue weighted by atomic mass is 19.4. The lowest BCUT2D eigenvalue weighted by Gasteiger charge is -2.37. The topological polar surface area (TPSA) is 162 Å². The van der Waals surface area contributed by atoms with Crippen LogP contribution in [0.25, 0.3) is 10.9 Å². The van der Waals surface area contributed by atoms with Crippen LogP contribution in [0.3, 0.4) is 0 Å². The number of nitrogens with zero attached hydrogens (tertiary/aromatic N) is 6. The minimum Gasteiger partial charge on any atom is -0.386 e. The molecule has 0 bridgehead atoms.